The van der Waals surface area contributed by atoms with E-state index in [0.717, 1.165) is 28.0 Å². The molecule has 0 unspecified atom stereocenters. The Bertz CT molecular complexity index is 841. The number of aromatic nitrogens is 2. The normalized spacial score (nSPS) is 11.4. The van der Waals surface area contributed by atoms with Crippen molar-refractivity contribution in [2.24, 2.45) is 0 Å². The van der Waals surface area contributed by atoms with Crippen LogP contribution in [0, 0.1) is 20.8 Å². The van der Waals surface area contributed by atoms with Gasteiger partial charge in [0.2, 0.25) is 0 Å². The second-order valence-corrected chi connectivity index (χ2v) is 6.07. The van der Waals surface area contributed by atoms with Gasteiger partial charge in [0.05, 0.1) is 10.9 Å². The average Bonchev–Trinajstić information content (AvgIpc) is 3.01. The molecule has 0 radical (unpaired) electrons. The Balaban J connectivity index is 2.54. The van der Waals surface area contributed by atoms with Crippen LogP contribution in [-0.2, 0) is 6.54 Å². The maximum absolute atomic E-state index is 12.9. The molecule has 3 rings (SSSR count). The molecule has 0 saturated heterocycles. The van der Waals surface area contributed by atoms with Crippen molar-refractivity contribution in [1.82, 2.24) is 9.55 Å². The lowest BCUT2D eigenvalue weighted by Crippen LogP contribution is -2.15. The largest absolute Gasteiger partial charge is 0.451 e. The van der Waals surface area contributed by atoms with Gasteiger partial charge in [-0.05, 0) is 33.3 Å². The summed E-state index contributed by atoms with van der Waals surface area (Å²) in [5.74, 6) is 0. The molecule has 0 fully saturated rings. The van der Waals surface area contributed by atoms with Gasteiger partial charge in [0.15, 0.2) is 11.8 Å². The van der Waals surface area contributed by atoms with E-state index in [9.17, 15) is 4.79 Å². The van der Waals surface area contributed by atoms with Crippen LogP contribution in [0.4, 0.5) is 0 Å². The molecule has 0 N–H and O–H groups in total. The summed E-state index contributed by atoms with van der Waals surface area (Å²) in [5, 5.41) is 0.818. The van der Waals surface area contributed by atoms with Crippen molar-refractivity contribution >= 4 is 21.6 Å². The van der Waals surface area contributed by atoms with Crippen LogP contribution in [0.3, 0.4) is 0 Å². The van der Waals surface area contributed by atoms with Crippen molar-refractivity contribution in [2.75, 3.05) is 0 Å². The zero-order valence-corrected chi connectivity index (χ0v) is 12.8. The molecule has 0 spiro atoms. The van der Waals surface area contributed by atoms with Crippen LogP contribution in [0.1, 0.15) is 23.1 Å². The van der Waals surface area contributed by atoms with E-state index in [2.05, 4.69) is 23.4 Å². The lowest BCUT2D eigenvalue weighted by Gasteiger charge is -2.13. The predicted octanol–water partition coefficient (Wildman–Crippen LogP) is 3.66. The molecule has 0 atom stereocenters. The first-order valence-corrected chi connectivity index (χ1v) is 7.39. The highest BCUT2D eigenvalue weighted by atomic mass is 32.1. The molecule has 0 bridgehead atoms. The van der Waals surface area contributed by atoms with E-state index in [1.54, 1.807) is 11.3 Å². The topological polar surface area (TPSA) is 48.0 Å². The Kier molecular flexibility index (Phi) is 3.01. The number of hydrogen-bond acceptors (Lipinski definition) is 4. The molecule has 20 heavy (non-hydrogen) atoms. The first-order chi connectivity index (χ1) is 9.56. The molecular formula is C15H16N2O2S. The average molecular weight is 288 g/mol. The third-order valence-electron chi connectivity index (χ3n) is 3.84. The number of rotatable bonds is 2. The van der Waals surface area contributed by atoms with Crippen LogP contribution in [0.15, 0.2) is 21.9 Å². The summed E-state index contributed by atoms with van der Waals surface area (Å²) >= 11 is 1.68. The monoisotopic (exact) mass is 288 g/mol. The third-order valence-corrected chi connectivity index (χ3v) is 5.07. The van der Waals surface area contributed by atoms with Crippen molar-refractivity contribution in [2.45, 2.75) is 34.2 Å². The van der Waals surface area contributed by atoms with E-state index in [-0.39, 0.29) is 5.43 Å². The molecule has 3 aromatic heterocycles. The van der Waals surface area contributed by atoms with Gasteiger partial charge in [0, 0.05) is 17.1 Å². The summed E-state index contributed by atoms with van der Waals surface area (Å²) in [5.41, 5.74) is 3.33. The Labute approximate surface area is 120 Å². The van der Waals surface area contributed by atoms with Crippen molar-refractivity contribution in [3.05, 3.63) is 39.0 Å². The minimum Gasteiger partial charge on any atom is -0.451 e. The van der Waals surface area contributed by atoms with Gasteiger partial charge in [-0.25, -0.2) is 4.98 Å². The van der Waals surface area contributed by atoms with Crippen LogP contribution in [0.2, 0.25) is 0 Å². The third kappa shape index (κ3) is 1.66. The number of thiophene rings is 1. The van der Waals surface area contributed by atoms with E-state index in [4.69, 9.17) is 4.42 Å². The second-order valence-electron chi connectivity index (χ2n) is 4.87. The number of pyridine rings is 1. The fourth-order valence-corrected chi connectivity index (χ4v) is 3.93. The highest BCUT2D eigenvalue weighted by Crippen LogP contribution is 2.31. The maximum atomic E-state index is 12.9. The quantitative estimate of drug-likeness (QED) is 0.723. The molecule has 0 aliphatic heterocycles. The molecule has 0 amide bonds. The van der Waals surface area contributed by atoms with Crippen LogP contribution >= 0.6 is 11.3 Å². The molecule has 5 heteroatoms. The number of nitrogens with zero attached hydrogens (tertiary/aromatic N) is 2. The lowest BCUT2D eigenvalue weighted by atomic mass is 10.1. The Morgan fingerprint density at radius 2 is 2.10 bits per heavy atom. The molecule has 4 nitrogen and oxygen atoms in total. The Morgan fingerprint density at radius 1 is 1.35 bits per heavy atom. The van der Waals surface area contributed by atoms with Crippen LogP contribution < -0.4 is 5.43 Å². The highest BCUT2D eigenvalue weighted by molar-refractivity contribution is 7.18. The maximum Gasteiger partial charge on any atom is 0.200 e. The Morgan fingerprint density at radius 3 is 2.70 bits per heavy atom. The predicted molar refractivity (Wildman–Crippen MR) is 81.5 cm³/mol. The van der Waals surface area contributed by atoms with E-state index in [1.165, 1.54) is 17.5 Å². The summed E-state index contributed by atoms with van der Waals surface area (Å²) in [6.07, 6.45) is 2.89. The standard InChI is InChI=1S/C15H16N2O2S/c1-5-17-9(3)13(11-6-19-7-16-11)14(18)12-8(2)10(4)20-15(12)17/h6-7H,5H2,1-4H3. The number of hydrogen-bond donors (Lipinski definition) is 0. The molecular weight excluding hydrogens is 272 g/mol. The van der Waals surface area contributed by atoms with Gasteiger partial charge in [-0.3, -0.25) is 4.79 Å². The SMILES string of the molecule is CCn1c(C)c(-c2cocn2)c(=O)c2c(C)c(C)sc21. The fourth-order valence-electron chi connectivity index (χ4n) is 2.66. The zero-order chi connectivity index (χ0) is 14.4. The van der Waals surface area contributed by atoms with Gasteiger partial charge in [0.1, 0.15) is 16.8 Å². The minimum atomic E-state index is 0.0537. The summed E-state index contributed by atoms with van der Waals surface area (Å²) in [4.78, 5) is 19.3. The summed E-state index contributed by atoms with van der Waals surface area (Å²) in [6, 6.07) is 0. The molecule has 3 heterocycles. The molecule has 104 valence electrons. The first-order valence-electron chi connectivity index (χ1n) is 6.57. The second kappa shape index (κ2) is 4.59. The summed E-state index contributed by atoms with van der Waals surface area (Å²) in [7, 11) is 0. The minimum absolute atomic E-state index is 0.0537. The number of aryl methyl sites for hydroxylation is 3. The highest BCUT2D eigenvalue weighted by Gasteiger charge is 2.20. The Hall–Kier alpha value is -1.88. The van der Waals surface area contributed by atoms with Crippen molar-refractivity contribution in [1.29, 1.82) is 0 Å². The van der Waals surface area contributed by atoms with Gasteiger partial charge >= 0.3 is 0 Å². The van der Waals surface area contributed by atoms with Gasteiger partial charge < -0.3 is 8.98 Å². The van der Waals surface area contributed by atoms with Gasteiger partial charge in [-0.15, -0.1) is 11.3 Å². The number of oxazole rings is 1. The molecule has 0 aliphatic rings. The van der Waals surface area contributed by atoms with E-state index in [0.29, 0.717) is 11.3 Å². The van der Waals surface area contributed by atoms with Crippen LogP contribution in [0.5, 0.6) is 0 Å². The van der Waals surface area contributed by atoms with Crippen LogP contribution in [-0.4, -0.2) is 9.55 Å². The summed E-state index contributed by atoms with van der Waals surface area (Å²) in [6.45, 7) is 8.96. The van der Waals surface area contributed by atoms with Crippen molar-refractivity contribution in [3.63, 3.8) is 0 Å². The van der Waals surface area contributed by atoms with E-state index < -0.39 is 0 Å². The van der Waals surface area contributed by atoms with Crippen LogP contribution in [0.25, 0.3) is 21.5 Å². The molecule has 0 saturated carbocycles. The zero-order valence-electron chi connectivity index (χ0n) is 12.0. The summed E-state index contributed by atoms with van der Waals surface area (Å²) < 4.78 is 7.23. The van der Waals surface area contributed by atoms with Crippen molar-refractivity contribution in [3.8, 4) is 11.3 Å². The molecule has 0 aliphatic carbocycles. The van der Waals surface area contributed by atoms with Crippen molar-refractivity contribution < 1.29 is 4.42 Å². The lowest BCUT2D eigenvalue weighted by molar-refractivity contribution is 0.558. The first kappa shape index (κ1) is 13.1. The van der Waals surface area contributed by atoms with Gasteiger partial charge in [0.25, 0.3) is 0 Å². The van der Waals surface area contributed by atoms with Gasteiger partial charge in [-0.2, -0.15) is 0 Å². The smallest absolute Gasteiger partial charge is 0.200 e. The van der Waals surface area contributed by atoms with E-state index in [1.807, 2.05) is 13.8 Å². The molecule has 0 aromatic carbocycles. The van der Waals surface area contributed by atoms with Gasteiger partial charge in [-0.1, -0.05) is 0 Å². The molecule has 3 aromatic rings. The fraction of sp³-hybridized carbons (Fsp3) is 0.333. The van der Waals surface area contributed by atoms with E-state index >= 15 is 0 Å². The number of fused-ring (bicyclic) bond motifs is 1.